The third kappa shape index (κ3) is 2.99. The predicted octanol–water partition coefficient (Wildman–Crippen LogP) is 5.55. The molecule has 4 heteroatoms. The van der Waals surface area contributed by atoms with Crippen molar-refractivity contribution in [2.24, 2.45) is 40.9 Å². The lowest BCUT2D eigenvalue weighted by Gasteiger charge is -2.54. The molecule has 5 rings (SSSR count). The van der Waals surface area contributed by atoms with E-state index in [4.69, 9.17) is 4.74 Å². The molecule has 0 amide bonds. The smallest absolute Gasteiger partial charge is 0.305 e. The molecule has 4 saturated carbocycles. The van der Waals surface area contributed by atoms with Crippen molar-refractivity contribution < 1.29 is 14.3 Å². The fraction of sp³-hybridized carbons (Fsp3) is 0.833. The number of carbonyl (C=O) groups is 2. The zero-order valence-electron chi connectivity index (χ0n) is 17.6. The normalized spacial score (nSPS) is 45.4. The van der Waals surface area contributed by atoms with Gasteiger partial charge in [-0.2, -0.15) is 0 Å². The number of rotatable bonds is 3. The van der Waals surface area contributed by atoms with Crippen LogP contribution in [0.4, 0.5) is 0 Å². The van der Waals surface area contributed by atoms with Crippen molar-refractivity contribution in [1.82, 2.24) is 0 Å². The minimum atomic E-state index is -0.0189. The highest BCUT2D eigenvalue weighted by molar-refractivity contribution is 6.15. The van der Waals surface area contributed by atoms with Gasteiger partial charge in [0.1, 0.15) is 6.10 Å². The number of ketones is 1. The third-order valence-corrected chi connectivity index (χ3v) is 8.98. The molecule has 3 nitrogen and oxygen atoms in total. The molecule has 156 valence electrons. The SMILES string of the molecule is CCC(=O)OC1CCC2C3C(CCC12CC)C1CCC(=O)C=C1C1CC13.CCl. The van der Waals surface area contributed by atoms with Gasteiger partial charge in [-0.1, -0.05) is 19.4 Å². The van der Waals surface area contributed by atoms with Crippen LogP contribution in [0, 0.1) is 40.9 Å². The molecule has 0 aliphatic heterocycles. The maximum Gasteiger partial charge on any atom is 0.305 e. The number of hydrogen-bond donors (Lipinski definition) is 0. The van der Waals surface area contributed by atoms with E-state index in [-0.39, 0.29) is 17.5 Å². The van der Waals surface area contributed by atoms with Gasteiger partial charge >= 0.3 is 5.97 Å². The van der Waals surface area contributed by atoms with Crippen molar-refractivity contribution in [3.05, 3.63) is 11.6 Å². The fourth-order valence-corrected chi connectivity index (χ4v) is 7.86. The van der Waals surface area contributed by atoms with E-state index in [9.17, 15) is 9.59 Å². The molecule has 8 atom stereocenters. The van der Waals surface area contributed by atoms with Crippen molar-refractivity contribution in [1.29, 1.82) is 0 Å². The highest BCUT2D eigenvalue weighted by atomic mass is 35.5. The molecule has 5 aliphatic rings. The maximum atomic E-state index is 12.0. The lowest BCUT2D eigenvalue weighted by Crippen LogP contribution is -2.50. The molecule has 0 spiro atoms. The summed E-state index contributed by atoms with van der Waals surface area (Å²) in [6.07, 6.45) is 13.2. The van der Waals surface area contributed by atoms with E-state index in [1.54, 1.807) is 0 Å². The van der Waals surface area contributed by atoms with Crippen molar-refractivity contribution in [3.63, 3.8) is 0 Å². The van der Waals surface area contributed by atoms with Crippen LogP contribution in [0.25, 0.3) is 0 Å². The predicted molar refractivity (Wildman–Crippen MR) is 111 cm³/mol. The first-order valence-corrected chi connectivity index (χ1v) is 12.2. The summed E-state index contributed by atoms with van der Waals surface area (Å²) in [4.78, 5) is 24.0. The monoisotopic (exact) mass is 406 g/mol. The average Bonchev–Trinajstić information content (AvgIpc) is 3.45. The number of esters is 1. The lowest BCUT2D eigenvalue weighted by molar-refractivity contribution is -0.160. The summed E-state index contributed by atoms with van der Waals surface area (Å²) in [5.41, 5.74) is 1.76. The van der Waals surface area contributed by atoms with Crippen LogP contribution in [0.5, 0.6) is 0 Å². The molecule has 0 aromatic rings. The van der Waals surface area contributed by atoms with E-state index in [0.29, 0.717) is 24.0 Å². The van der Waals surface area contributed by atoms with Crippen molar-refractivity contribution in [2.45, 2.75) is 77.7 Å². The van der Waals surface area contributed by atoms with E-state index in [0.717, 1.165) is 49.4 Å². The van der Waals surface area contributed by atoms with E-state index < -0.39 is 0 Å². The van der Waals surface area contributed by atoms with Crippen LogP contribution in [0.1, 0.15) is 71.6 Å². The number of ether oxygens (including phenoxy) is 1. The summed E-state index contributed by atoms with van der Waals surface area (Å²) in [7, 11) is 0. The Bertz CT molecular complexity index is 671. The molecule has 0 aromatic heterocycles. The average molecular weight is 407 g/mol. The van der Waals surface area contributed by atoms with Crippen molar-refractivity contribution >= 4 is 23.4 Å². The Kier molecular flexibility index (Phi) is 5.68. The third-order valence-electron chi connectivity index (χ3n) is 8.98. The van der Waals surface area contributed by atoms with Crippen LogP contribution in [0.2, 0.25) is 0 Å². The van der Waals surface area contributed by atoms with E-state index in [1.807, 2.05) is 13.0 Å². The van der Waals surface area contributed by atoms with Gasteiger partial charge in [0.2, 0.25) is 0 Å². The van der Waals surface area contributed by atoms with E-state index in [2.05, 4.69) is 18.5 Å². The zero-order chi connectivity index (χ0) is 20.1. The summed E-state index contributed by atoms with van der Waals surface area (Å²) in [5, 5.41) is 0. The van der Waals surface area contributed by atoms with Crippen molar-refractivity contribution in [3.8, 4) is 0 Å². The Balaban J connectivity index is 0.000000932. The second-order valence-electron chi connectivity index (χ2n) is 9.64. The van der Waals surface area contributed by atoms with Gasteiger partial charge in [-0.3, -0.25) is 9.59 Å². The Labute approximate surface area is 174 Å². The summed E-state index contributed by atoms with van der Waals surface area (Å²) >= 11 is 4.64. The Morgan fingerprint density at radius 3 is 2.64 bits per heavy atom. The van der Waals surface area contributed by atoms with Gasteiger partial charge in [0.05, 0.1) is 0 Å². The Morgan fingerprint density at radius 2 is 1.93 bits per heavy atom. The van der Waals surface area contributed by atoms with Crippen LogP contribution in [0.15, 0.2) is 11.6 Å². The number of fused-ring (bicyclic) bond motifs is 8. The second-order valence-corrected chi connectivity index (χ2v) is 9.64. The molecular formula is C24H35ClO3. The largest absolute Gasteiger partial charge is 0.462 e. The Hall–Kier alpha value is -0.830. The van der Waals surface area contributed by atoms with Gasteiger partial charge in [-0.15, -0.1) is 11.6 Å². The molecule has 8 unspecified atom stereocenters. The quantitative estimate of drug-likeness (QED) is 0.455. The molecule has 5 aliphatic carbocycles. The standard InChI is InChI=1S/C23H32O3.CH3Cl/c1-3-21(25)26-20-8-7-19-22-15(9-10-23(19,20)4-2)14-6-5-13(24)11-16(14)17-12-18(17)22;1-2/h11,14-15,17-20,22H,3-10,12H2,1-2H3;1H3. The molecular weight excluding hydrogens is 372 g/mol. The molecule has 0 heterocycles. The summed E-state index contributed by atoms with van der Waals surface area (Å²) in [5.74, 6) is 4.86. The Morgan fingerprint density at radius 1 is 1.14 bits per heavy atom. The van der Waals surface area contributed by atoms with Gasteiger partial charge in [-0.05, 0) is 86.5 Å². The van der Waals surface area contributed by atoms with Crippen LogP contribution in [0.3, 0.4) is 0 Å². The maximum absolute atomic E-state index is 12.0. The number of hydrogen-bond acceptors (Lipinski definition) is 3. The first kappa shape index (κ1) is 20.4. The lowest BCUT2D eigenvalue weighted by atomic mass is 9.51. The minimum absolute atomic E-state index is 0.0189. The number of carbonyl (C=O) groups excluding carboxylic acids is 2. The first-order valence-electron chi connectivity index (χ1n) is 11.4. The number of alkyl halides is 1. The zero-order valence-corrected chi connectivity index (χ0v) is 18.3. The summed E-state index contributed by atoms with van der Waals surface area (Å²) in [6.45, 7) is 4.22. The first-order chi connectivity index (χ1) is 13.6. The van der Waals surface area contributed by atoms with Gasteiger partial charge in [0.15, 0.2) is 5.78 Å². The number of allylic oxidation sites excluding steroid dienone is 1. The number of halogens is 1. The van der Waals surface area contributed by atoms with Crippen LogP contribution in [-0.4, -0.2) is 24.2 Å². The highest BCUT2D eigenvalue weighted by Crippen LogP contribution is 2.71. The molecule has 4 fully saturated rings. The molecule has 28 heavy (non-hydrogen) atoms. The minimum Gasteiger partial charge on any atom is -0.462 e. The molecule has 0 saturated heterocycles. The van der Waals surface area contributed by atoms with Crippen LogP contribution < -0.4 is 0 Å². The van der Waals surface area contributed by atoms with Gasteiger partial charge in [-0.25, -0.2) is 0 Å². The van der Waals surface area contributed by atoms with Gasteiger partial charge < -0.3 is 4.74 Å². The molecule has 0 aromatic carbocycles. The van der Waals surface area contributed by atoms with Gasteiger partial charge in [0.25, 0.3) is 0 Å². The fourth-order valence-electron chi connectivity index (χ4n) is 7.86. The highest BCUT2D eigenvalue weighted by Gasteiger charge is 2.65. The topological polar surface area (TPSA) is 43.4 Å². The molecule has 0 radical (unpaired) electrons. The molecule has 0 bridgehead atoms. The van der Waals surface area contributed by atoms with Crippen LogP contribution >= 0.6 is 11.6 Å². The van der Waals surface area contributed by atoms with Crippen molar-refractivity contribution in [2.75, 3.05) is 6.38 Å². The van der Waals surface area contributed by atoms with Gasteiger partial charge in [0, 0.05) is 24.6 Å². The summed E-state index contributed by atoms with van der Waals surface area (Å²) in [6, 6.07) is 0. The van der Waals surface area contributed by atoms with E-state index >= 15 is 0 Å². The second kappa shape index (κ2) is 7.78. The van der Waals surface area contributed by atoms with Crippen LogP contribution in [-0.2, 0) is 14.3 Å². The summed E-state index contributed by atoms with van der Waals surface area (Å²) < 4.78 is 5.98. The van der Waals surface area contributed by atoms with E-state index in [1.165, 1.54) is 37.6 Å². The molecule has 0 N–H and O–H groups in total.